The highest BCUT2D eigenvalue weighted by atomic mass is 35.5. The number of halogens is 1. The minimum atomic E-state index is 0.00759. The third-order valence-electron chi connectivity index (χ3n) is 2.76. The monoisotopic (exact) mass is 297 g/mol. The first-order valence-corrected chi connectivity index (χ1v) is 7.35. The van der Waals surface area contributed by atoms with Crippen LogP contribution in [0.4, 0.5) is 5.82 Å². The third kappa shape index (κ3) is 5.00. The van der Waals surface area contributed by atoms with Crippen molar-refractivity contribution in [3.05, 3.63) is 22.8 Å². The highest BCUT2D eigenvalue weighted by Crippen LogP contribution is 2.17. The van der Waals surface area contributed by atoms with Gasteiger partial charge in [-0.15, -0.1) is 0 Å². The zero-order valence-corrected chi connectivity index (χ0v) is 13.7. The van der Waals surface area contributed by atoms with Crippen LogP contribution in [-0.4, -0.2) is 35.9 Å². The molecule has 112 valence electrons. The molecule has 0 fully saturated rings. The van der Waals surface area contributed by atoms with Crippen LogP contribution in [0.1, 0.15) is 38.1 Å². The average molecular weight is 298 g/mol. The van der Waals surface area contributed by atoms with Crippen molar-refractivity contribution in [2.75, 3.05) is 25.5 Å². The summed E-state index contributed by atoms with van der Waals surface area (Å²) in [5, 5.41) is 3.25. The fourth-order valence-corrected chi connectivity index (χ4v) is 2.26. The highest BCUT2D eigenvalue weighted by Gasteiger charge is 2.19. The topological polar surface area (TPSA) is 45.2 Å². The molecular formula is C15H24ClN3O. The molecule has 1 aromatic rings. The molecule has 1 amide bonds. The normalized spacial score (nSPS) is 11.0. The second-order valence-electron chi connectivity index (χ2n) is 5.81. The van der Waals surface area contributed by atoms with Crippen LogP contribution in [0.15, 0.2) is 12.1 Å². The molecule has 1 rings (SSSR count). The zero-order chi connectivity index (χ0) is 15.3. The number of hydrogen-bond acceptors (Lipinski definition) is 3. The number of amides is 1. The van der Waals surface area contributed by atoms with Crippen LogP contribution in [0, 0.1) is 11.8 Å². The molecule has 0 saturated carbocycles. The standard InChI is InChI=1S/C15H24ClN3O/c1-10(2)8-19(9-11(3)4)15(20)12-6-13(16)18-14(7-12)17-5/h6-7,10-11H,8-9H2,1-5H3,(H,17,18). The lowest BCUT2D eigenvalue weighted by Crippen LogP contribution is -2.37. The molecule has 1 aromatic heterocycles. The highest BCUT2D eigenvalue weighted by molar-refractivity contribution is 6.29. The van der Waals surface area contributed by atoms with E-state index in [1.807, 2.05) is 4.90 Å². The van der Waals surface area contributed by atoms with Crippen LogP contribution in [0.25, 0.3) is 0 Å². The fourth-order valence-electron chi connectivity index (χ4n) is 2.05. The molecule has 20 heavy (non-hydrogen) atoms. The Labute approximate surface area is 126 Å². The SMILES string of the molecule is CNc1cc(C(=O)N(CC(C)C)CC(C)C)cc(Cl)n1. The molecule has 4 nitrogen and oxygen atoms in total. The summed E-state index contributed by atoms with van der Waals surface area (Å²) in [5.74, 6) is 1.47. The van der Waals surface area contributed by atoms with Crippen molar-refractivity contribution in [3.8, 4) is 0 Å². The Morgan fingerprint density at radius 1 is 1.25 bits per heavy atom. The van der Waals surface area contributed by atoms with Crippen LogP contribution in [-0.2, 0) is 0 Å². The van der Waals surface area contributed by atoms with Crippen molar-refractivity contribution < 1.29 is 4.79 Å². The zero-order valence-electron chi connectivity index (χ0n) is 12.9. The molecule has 0 aliphatic rings. The Morgan fingerprint density at radius 3 is 2.25 bits per heavy atom. The Balaban J connectivity index is 3.01. The van der Waals surface area contributed by atoms with Crippen molar-refractivity contribution in [3.63, 3.8) is 0 Å². The summed E-state index contributed by atoms with van der Waals surface area (Å²) in [6, 6.07) is 3.36. The van der Waals surface area contributed by atoms with Gasteiger partial charge >= 0.3 is 0 Å². The number of nitrogens with zero attached hydrogens (tertiary/aromatic N) is 2. The maximum absolute atomic E-state index is 12.6. The Morgan fingerprint density at radius 2 is 1.80 bits per heavy atom. The summed E-state index contributed by atoms with van der Waals surface area (Å²) in [6.07, 6.45) is 0. The smallest absolute Gasteiger partial charge is 0.254 e. The van der Waals surface area contributed by atoms with Gasteiger partial charge in [0.05, 0.1) is 0 Å². The molecule has 0 bridgehead atoms. The van der Waals surface area contributed by atoms with Crippen molar-refractivity contribution >= 4 is 23.3 Å². The molecule has 5 heteroatoms. The maximum atomic E-state index is 12.6. The summed E-state index contributed by atoms with van der Waals surface area (Å²) in [6.45, 7) is 9.92. The minimum absolute atomic E-state index is 0.00759. The van der Waals surface area contributed by atoms with E-state index in [9.17, 15) is 4.79 Å². The predicted molar refractivity (Wildman–Crippen MR) is 84.4 cm³/mol. The van der Waals surface area contributed by atoms with E-state index < -0.39 is 0 Å². The largest absolute Gasteiger partial charge is 0.373 e. The van der Waals surface area contributed by atoms with Gasteiger partial charge in [0.25, 0.3) is 5.91 Å². The van der Waals surface area contributed by atoms with Gasteiger partial charge in [0.15, 0.2) is 0 Å². The number of anilines is 1. The van der Waals surface area contributed by atoms with E-state index in [-0.39, 0.29) is 5.91 Å². The number of carbonyl (C=O) groups excluding carboxylic acids is 1. The number of aromatic nitrogens is 1. The molecular weight excluding hydrogens is 274 g/mol. The van der Waals surface area contributed by atoms with Gasteiger partial charge in [-0.3, -0.25) is 4.79 Å². The van der Waals surface area contributed by atoms with Gasteiger partial charge in [0.2, 0.25) is 0 Å². The second-order valence-corrected chi connectivity index (χ2v) is 6.20. The molecule has 1 heterocycles. The molecule has 0 radical (unpaired) electrons. The Hall–Kier alpha value is -1.29. The lowest BCUT2D eigenvalue weighted by molar-refractivity contribution is 0.0715. The number of rotatable bonds is 6. The van der Waals surface area contributed by atoms with E-state index >= 15 is 0 Å². The second kappa shape index (κ2) is 7.48. The molecule has 1 N–H and O–H groups in total. The van der Waals surface area contributed by atoms with E-state index in [0.717, 1.165) is 13.1 Å². The van der Waals surface area contributed by atoms with Gasteiger partial charge in [0.1, 0.15) is 11.0 Å². The maximum Gasteiger partial charge on any atom is 0.254 e. The molecule has 0 unspecified atom stereocenters. The molecule has 0 spiro atoms. The molecule has 0 aliphatic carbocycles. The first kappa shape index (κ1) is 16.8. The lowest BCUT2D eigenvalue weighted by Gasteiger charge is -2.26. The third-order valence-corrected chi connectivity index (χ3v) is 2.95. The van der Waals surface area contributed by atoms with Crippen molar-refractivity contribution in [1.82, 2.24) is 9.88 Å². The molecule has 0 atom stereocenters. The van der Waals surface area contributed by atoms with E-state index in [2.05, 4.69) is 38.0 Å². The van der Waals surface area contributed by atoms with E-state index in [0.29, 0.717) is 28.4 Å². The first-order valence-electron chi connectivity index (χ1n) is 6.98. The molecule has 0 aliphatic heterocycles. The van der Waals surface area contributed by atoms with Crippen molar-refractivity contribution in [2.45, 2.75) is 27.7 Å². The quantitative estimate of drug-likeness (QED) is 0.817. The van der Waals surface area contributed by atoms with Gasteiger partial charge in [-0.2, -0.15) is 0 Å². The first-order chi connectivity index (χ1) is 9.33. The minimum Gasteiger partial charge on any atom is -0.373 e. The van der Waals surface area contributed by atoms with Gasteiger partial charge < -0.3 is 10.2 Å². The Bertz CT molecular complexity index is 450. The lowest BCUT2D eigenvalue weighted by atomic mass is 10.1. The van der Waals surface area contributed by atoms with Crippen LogP contribution in [0.3, 0.4) is 0 Å². The number of pyridine rings is 1. The Kier molecular flexibility index (Phi) is 6.27. The summed E-state index contributed by atoms with van der Waals surface area (Å²) in [7, 11) is 1.76. The van der Waals surface area contributed by atoms with Crippen LogP contribution >= 0.6 is 11.6 Å². The summed E-state index contributed by atoms with van der Waals surface area (Å²) >= 11 is 5.97. The molecule has 0 aromatic carbocycles. The van der Waals surface area contributed by atoms with Gasteiger partial charge in [-0.1, -0.05) is 39.3 Å². The summed E-state index contributed by atoms with van der Waals surface area (Å²) < 4.78 is 0. The predicted octanol–water partition coefficient (Wildman–Crippen LogP) is 3.53. The van der Waals surface area contributed by atoms with E-state index in [1.54, 1.807) is 19.2 Å². The molecule has 0 saturated heterocycles. The van der Waals surface area contributed by atoms with Gasteiger partial charge in [-0.25, -0.2) is 4.98 Å². The van der Waals surface area contributed by atoms with Crippen LogP contribution in [0.2, 0.25) is 5.15 Å². The van der Waals surface area contributed by atoms with Crippen molar-refractivity contribution in [2.24, 2.45) is 11.8 Å². The average Bonchev–Trinajstić information content (AvgIpc) is 2.35. The van der Waals surface area contributed by atoms with E-state index in [1.165, 1.54) is 0 Å². The van der Waals surface area contributed by atoms with Gasteiger partial charge in [0, 0.05) is 25.7 Å². The fraction of sp³-hybridized carbons (Fsp3) is 0.600. The number of carbonyl (C=O) groups is 1. The number of nitrogens with one attached hydrogen (secondary N) is 1. The van der Waals surface area contributed by atoms with Crippen LogP contribution < -0.4 is 5.32 Å². The van der Waals surface area contributed by atoms with Crippen LogP contribution in [0.5, 0.6) is 0 Å². The summed E-state index contributed by atoms with van der Waals surface area (Å²) in [4.78, 5) is 18.6. The summed E-state index contributed by atoms with van der Waals surface area (Å²) in [5.41, 5.74) is 0.579. The van der Waals surface area contributed by atoms with Crippen molar-refractivity contribution in [1.29, 1.82) is 0 Å². The number of hydrogen-bond donors (Lipinski definition) is 1. The van der Waals surface area contributed by atoms with E-state index in [4.69, 9.17) is 11.6 Å². The van der Waals surface area contributed by atoms with Gasteiger partial charge in [-0.05, 0) is 24.0 Å².